The molecule has 0 fully saturated rings. The summed E-state index contributed by atoms with van der Waals surface area (Å²) in [5, 5.41) is 12.0. The van der Waals surface area contributed by atoms with Gasteiger partial charge < -0.3 is 19.9 Å². The zero-order valence-corrected chi connectivity index (χ0v) is 11.9. The summed E-state index contributed by atoms with van der Waals surface area (Å²) in [6.07, 6.45) is 0. The molecule has 110 valence electrons. The summed E-state index contributed by atoms with van der Waals surface area (Å²) >= 11 is 0. The number of phenolic OH excluding ortho intramolecular Hbond substituents is 1. The number of aryl methyl sites for hydroxylation is 1. The number of methoxy groups -OCH3 is 1. The van der Waals surface area contributed by atoms with E-state index in [9.17, 15) is 9.90 Å². The van der Waals surface area contributed by atoms with E-state index in [1.807, 2.05) is 19.1 Å². The van der Waals surface area contributed by atoms with E-state index >= 15 is 0 Å². The molecule has 2 aromatic carbocycles. The third kappa shape index (κ3) is 4.14. The average molecular weight is 287 g/mol. The molecule has 1 amide bonds. The molecule has 0 heterocycles. The van der Waals surface area contributed by atoms with E-state index in [1.54, 1.807) is 25.3 Å². The first kappa shape index (κ1) is 14.7. The normalized spacial score (nSPS) is 10.0. The van der Waals surface area contributed by atoms with E-state index in [0.717, 1.165) is 5.56 Å². The number of amides is 1. The van der Waals surface area contributed by atoms with Gasteiger partial charge in [0.2, 0.25) is 0 Å². The molecule has 0 aliphatic rings. The third-order valence-corrected chi connectivity index (χ3v) is 2.81. The van der Waals surface area contributed by atoms with Gasteiger partial charge in [-0.25, -0.2) is 0 Å². The van der Waals surface area contributed by atoms with Gasteiger partial charge in [0, 0.05) is 11.8 Å². The number of carbonyl (C=O) groups excluding carboxylic acids is 1. The van der Waals surface area contributed by atoms with E-state index in [1.165, 1.54) is 12.1 Å². The second kappa shape index (κ2) is 6.65. The van der Waals surface area contributed by atoms with Crippen molar-refractivity contribution in [3.8, 4) is 17.2 Å². The Balaban J connectivity index is 1.95. The van der Waals surface area contributed by atoms with Crippen LogP contribution in [0.15, 0.2) is 42.5 Å². The summed E-state index contributed by atoms with van der Waals surface area (Å²) in [5.41, 5.74) is 1.56. The van der Waals surface area contributed by atoms with Crippen molar-refractivity contribution in [2.24, 2.45) is 0 Å². The topological polar surface area (TPSA) is 67.8 Å². The number of benzene rings is 2. The molecule has 0 radical (unpaired) electrons. The van der Waals surface area contributed by atoms with Crippen molar-refractivity contribution >= 4 is 11.6 Å². The summed E-state index contributed by atoms with van der Waals surface area (Å²) in [6, 6.07) is 11.8. The first-order chi connectivity index (χ1) is 10.1. The summed E-state index contributed by atoms with van der Waals surface area (Å²) < 4.78 is 10.7. The van der Waals surface area contributed by atoms with Crippen molar-refractivity contribution in [1.82, 2.24) is 0 Å². The molecule has 2 aromatic rings. The van der Waals surface area contributed by atoms with Crippen LogP contribution in [-0.2, 0) is 4.79 Å². The van der Waals surface area contributed by atoms with Crippen LogP contribution in [0.1, 0.15) is 5.56 Å². The van der Waals surface area contributed by atoms with Gasteiger partial charge in [0.05, 0.1) is 7.11 Å². The number of phenols is 1. The Morgan fingerprint density at radius 2 is 2.00 bits per heavy atom. The maximum atomic E-state index is 11.8. The van der Waals surface area contributed by atoms with Crippen LogP contribution in [0.25, 0.3) is 0 Å². The summed E-state index contributed by atoms with van der Waals surface area (Å²) in [4.78, 5) is 11.8. The van der Waals surface area contributed by atoms with Crippen LogP contribution in [0.3, 0.4) is 0 Å². The average Bonchev–Trinajstić information content (AvgIpc) is 2.45. The van der Waals surface area contributed by atoms with E-state index in [-0.39, 0.29) is 18.3 Å². The molecule has 5 heteroatoms. The Kier molecular flexibility index (Phi) is 4.66. The van der Waals surface area contributed by atoms with Crippen molar-refractivity contribution in [1.29, 1.82) is 0 Å². The highest BCUT2D eigenvalue weighted by molar-refractivity contribution is 5.92. The molecule has 0 atom stereocenters. The molecule has 0 aliphatic carbocycles. The Hall–Kier alpha value is -2.69. The zero-order chi connectivity index (χ0) is 15.2. The number of hydrogen-bond donors (Lipinski definition) is 2. The third-order valence-electron chi connectivity index (χ3n) is 2.81. The molecule has 0 bridgehead atoms. The number of hydrogen-bond acceptors (Lipinski definition) is 4. The van der Waals surface area contributed by atoms with Crippen molar-refractivity contribution < 1.29 is 19.4 Å². The fourth-order valence-electron chi connectivity index (χ4n) is 1.82. The summed E-state index contributed by atoms with van der Waals surface area (Å²) in [7, 11) is 1.55. The van der Waals surface area contributed by atoms with Crippen LogP contribution in [0.4, 0.5) is 5.69 Å². The van der Waals surface area contributed by atoms with Crippen molar-refractivity contribution in [2.45, 2.75) is 6.92 Å². The minimum atomic E-state index is -0.316. The van der Waals surface area contributed by atoms with Crippen LogP contribution in [0.2, 0.25) is 0 Å². The highest BCUT2D eigenvalue weighted by atomic mass is 16.5. The Morgan fingerprint density at radius 1 is 1.19 bits per heavy atom. The number of aromatic hydroxyl groups is 1. The van der Waals surface area contributed by atoms with Crippen LogP contribution >= 0.6 is 0 Å². The van der Waals surface area contributed by atoms with Crippen molar-refractivity contribution in [3.05, 3.63) is 48.0 Å². The molecule has 0 saturated carbocycles. The van der Waals surface area contributed by atoms with Gasteiger partial charge in [-0.2, -0.15) is 0 Å². The highest BCUT2D eigenvalue weighted by Gasteiger charge is 2.08. The van der Waals surface area contributed by atoms with E-state index < -0.39 is 0 Å². The zero-order valence-electron chi connectivity index (χ0n) is 11.9. The lowest BCUT2D eigenvalue weighted by atomic mass is 10.2. The first-order valence-corrected chi connectivity index (χ1v) is 6.45. The number of nitrogens with one attached hydrogen (secondary N) is 1. The highest BCUT2D eigenvalue weighted by Crippen LogP contribution is 2.27. The summed E-state index contributed by atoms with van der Waals surface area (Å²) in [5.74, 6) is 0.867. The second-order valence-corrected chi connectivity index (χ2v) is 4.54. The lowest BCUT2D eigenvalue weighted by molar-refractivity contribution is -0.118. The minimum Gasteiger partial charge on any atom is -0.508 e. The number of carbonyl (C=O) groups is 1. The molecule has 0 spiro atoms. The van der Waals surface area contributed by atoms with Gasteiger partial charge in [0.25, 0.3) is 5.91 Å². The SMILES string of the molecule is COc1cc(C)ccc1OCC(=O)Nc1cccc(O)c1. The smallest absolute Gasteiger partial charge is 0.262 e. The lowest BCUT2D eigenvalue weighted by Gasteiger charge is -2.11. The molecular formula is C16H17NO4. The Bertz CT molecular complexity index is 640. The Morgan fingerprint density at radius 3 is 2.71 bits per heavy atom. The van der Waals surface area contributed by atoms with Crippen LogP contribution in [0, 0.1) is 6.92 Å². The predicted molar refractivity (Wildman–Crippen MR) is 80.0 cm³/mol. The number of rotatable bonds is 5. The molecule has 2 rings (SSSR count). The molecule has 0 unspecified atom stereocenters. The fourth-order valence-corrected chi connectivity index (χ4v) is 1.82. The maximum Gasteiger partial charge on any atom is 0.262 e. The van der Waals surface area contributed by atoms with Gasteiger partial charge in [-0.1, -0.05) is 12.1 Å². The predicted octanol–water partition coefficient (Wildman–Crippen LogP) is 2.73. The molecule has 0 aliphatic heterocycles. The maximum absolute atomic E-state index is 11.8. The molecule has 2 N–H and O–H groups in total. The van der Waals surface area contributed by atoms with Gasteiger partial charge in [0.15, 0.2) is 18.1 Å². The quantitative estimate of drug-likeness (QED) is 0.887. The van der Waals surface area contributed by atoms with Crippen LogP contribution in [0.5, 0.6) is 17.2 Å². The van der Waals surface area contributed by atoms with Gasteiger partial charge in [-0.05, 0) is 36.8 Å². The molecular weight excluding hydrogens is 270 g/mol. The lowest BCUT2D eigenvalue weighted by Crippen LogP contribution is -2.20. The number of anilines is 1. The van der Waals surface area contributed by atoms with Gasteiger partial charge in [0.1, 0.15) is 5.75 Å². The summed E-state index contributed by atoms with van der Waals surface area (Å²) in [6.45, 7) is 1.80. The van der Waals surface area contributed by atoms with Gasteiger partial charge >= 0.3 is 0 Å². The van der Waals surface area contributed by atoms with E-state index in [2.05, 4.69) is 5.32 Å². The standard InChI is InChI=1S/C16H17NO4/c1-11-6-7-14(15(8-11)20-2)21-10-16(19)17-12-4-3-5-13(18)9-12/h3-9,18H,10H2,1-2H3,(H,17,19). The first-order valence-electron chi connectivity index (χ1n) is 6.45. The molecule has 0 aromatic heterocycles. The monoisotopic (exact) mass is 287 g/mol. The molecule has 5 nitrogen and oxygen atoms in total. The second-order valence-electron chi connectivity index (χ2n) is 4.54. The van der Waals surface area contributed by atoms with E-state index in [0.29, 0.717) is 17.2 Å². The van der Waals surface area contributed by atoms with Crippen molar-refractivity contribution in [3.63, 3.8) is 0 Å². The van der Waals surface area contributed by atoms with Crippen LogP contribution in [-0.4, -0.2) is 24.7 Å². The van der Waals surface area contributed by atoms with Gasteiger partial charge in [-0.3, -0.25) is 4.79 Å². The molecule has 0 saturated heterocycles. The Labute approximate surface area is 123 Å². The van der Waals surface area contributed by atoms with Crippen molar-refractivity contribution in [2.75, 3.05) is 19.0 Å². The molecule has 21 heavy (non-hydrogen) atoms. The largest absolute Gasteiger partial charge is 0.508 e. The van der Waals surface area contributed by atoms with E-state index in [4.69, 9.17) is 9.47 Å². The fraction of sp³-hybridized carbons (Fsp3) is 0.188. The minimum absolute atomic E-state index is 0.0916. The van der Waals surface area contributed by atoms with Gasteiger partial charge in [-0.15, -0.1) is 0 Å². The number of ether oxygens (including phenoxy) is 2. The van der Waals surface area contributed by atoms with Crippen LogP contribution < -0.4 is 14.8 Å².